The summed E-state index contributed by atoms with van der Waals surface area (Å²) in [6.45, 7) is 0.232. The maximum absolute atomic E-state index is 13.6. The number of halogens is 2. The first kappa shape index (κ1) is 15.6. The van der Waals surface area contributed by atoms with Gasteiger partial charge in [-0.05, 0) is 23.6 Å². The van der Waals surface area contributed by atoms with Gasteiger partial charge in [0, 0.05) is 13.0 Å². The predicted octanol–water partition coefficient (Wildman–Crippen LogP) is 3.56. The van der Waals surface area contributed by atoms with E-state index in [1.165, 1.54) is 29.5 Å². The fraction of sp³-hybridized carbons (Fsp3) is 0.133. The molecule has 0 bridgehead atoms. The Kier molecular flexibility index (Phi) is 4.68. The summed E-state index contributed by atoms with van der Waals surface area (Å²) in [4.78, 5) is 17.1. The lowest BCUT2D eigenvalue weighted by atomic mass is 10.2. The monoisotopic (exact) mass is 351 g/mol. The van der Waals surface area contributed by atoms with Gasteiger partial charge in [-0.1, -0.05) is 28.9 Å². The summed E-state index contributed by atoms with van der Waals surface area (Å²) in [5.74, 6) is -0.328. The third kappa shape index (κ3) is 3.57. The minimum atomic E-state index is -0.659. The standard InChI is InChI=1S/C15H11ClFN3O2S/c16-9-3-1-4-10(17)13(9)15(21)18-7-6-12-19-14(20-22-12)11-5-2-8-23-11/h1-5,8H,6-7H2,(H,18,21). The van der Waals surface area contributed by atoms with Crippen molar-refractivity contribution in [1.29, 1.82) is 0 Å². The van der Waals surface area contributed by atoms with Gasteiger partial charge in [0.1, 0.15) is 5.82 Å². The summed E-state index contributed by atoms with van der Waals surface area (Å²) >= 11 is 7.35. The zero-order chi connectivity index (χ0) is 16.2. The second-order valence-corrected chi connectivity index (χ2v) is 5.95. The molecule has 0 unspecified atom stereocenters. The van der Waals surface area contributed by atoms with Gasteiger partial charge in [-0.25, -0.2) is 4.39 Å². The number of carbonyl (C=O) groups excluding carboxylic acids is 1. The number of benzene rings is 1. The van der Waals surface area contributed by atoms with E-state index in [1.807, 2.05) is 17.5 Å². The van der Waals surface area contributed by atoms with E-state index >= 15 is 0 Å². The number of aromatic nitrogens is 2. The van der Waals surface area contributed by atoms with Gasteiger partial charge in [0.25, 0.3) is 5.91 Å². The van der Waals surface area contributed by atoms with Crippen molar-refractivity contribution in [2.75, 3.05) is 6.54 Å². The Hall–Kier alpha value is -2.25. The van der Waals surface area contributed by atoms with Crippen molar-refractivity contribution >= 4 is 28.8 Å². The van der Waals surface area contributed by atoms with Gasteiger partial charge in [0.15, 0.2) is 0 Å². The summed E-state index contributed by atoms with van der Waals surface area (Å²) in [5, 5.41) is 8.45. The zero-order valence-electron chi connectivity index (χ0n) is 11.8. The lowest BCUT2D eigenvalue weighted by Gasteiger charge is -2.06. The Bertz CT molecular complexity index is 800. The highest BCUT2D eigenvalue weighted by molar-refractivity contribution is 7.13. The maximum atomic E-state index is 13.6. The quantitative estimate of drug-likeness (QED) is 0.763. The van der Waals surface area contributed by atoms with E-state index in [9.17, 15) is 9.18 Å². The van der Waals surface area contributed by atoms with Crippen LogP contribution in [0, 0.1) is 5.82 Å². The number of thiophene rings is 1. The highest BCUT2D eigenvalue weighted by atomic mass is 35.5. The van der Waals surface area contributed by atoms with Gasteiger partial charge in [-0.3, -0.25) is 4.79 Å². The van der Waals surface area contributed by atoms with Crippen molar-refractivity contribution in [2.45, 2.75) is 6.42 Å². The van der Waals surface area contributed by atoms with Crippen LogP contribution in [0.1, 0.15) is 16.2 Å². The maximum Gasteiger partial charge on any atom is 0.255 e. The molecule has 118 valence electrons. The number of rotatable bonds is 5. The normalized spacial score (nSPS) is 10.7. The van der Waals surface area contributed by atoms with E-state index < -0.39 is 11.7 Å². The van der Waals surface area contributed by atoms with Crippen LogP contribution in [0.5, 0.6) is 0 Å². The molecule has 1 aromatic carbocycles. The van der Waals surface area contributed by atoms with Crippen LogP contribution in [0.3, 0.4) is 0 Å². The molecule has 3 aromatic rings. The Morgan fingerprint density at radius 3 is 2.96 bits per heavy atom. The van der Waals surface area contributed by atoms with Crippen LogP contribution >= 0.6 is 22.9 Å². The van der Waals surface area contributed by atoms with Gasteiger partial charge in [-0.15, -0.1) is 11.3 Å². The Morgan fingerprint density at radius 2 is 2.22 bits per heavy atom. The van der Waals surface area contributed by atoms with E-state index in [0.29, 0.717) is 18.1 Å². The van der Waals surface area contributed by atoms with E-state index in [2.05, 4.69) is 15.5 Å². The van der Waals surface area contributed by atoms with Crippen molar-refractivity contribution < 1.29 is 13.7 Å². The first-order valence-corrected chi connectivity index (χ1v) is 7.99. The summed E-state index contributed by atoms with van der Waals surface area (Å²) in [6, 6.07) is 7.88. The van der Waals surface area contributed by atoms with Crippen LogP contribution in [0.2, 0.25) is 5.02 Å². The molecule has 0 saturated heterocycles. The molecule has 3 rings (SSSR count). The largest absolute Gasteiger partial charge is 0.351 e. The molecule has 2 aromatic heterocycles. The third-order valence-electron chi connectivity index (χ3n) is 3.02. The smallest absolute Gasteiger partial charge is 0.255 e. The lowest BCUT2D eigenvalue weighted by molar-refractivity contribution is 0.0949. The summed E-state index contributed by atoms with van der Waals surface area (Å²) in [5.41, 5.74) is -0.168. The number of nitrogens with one attached hydrogen (secondary N) is 1. The van der Waals surface area contributed by atoms with Crippen LogP contribution < -0.4 is 5.32 Å². The fourth-order valence-electron chi connectivity index (χ4n) is 1.95. The highest BCUT2D eigenvalue weighted by Gasteiger charge is 2.16. The molecule has 8 heteroatoms. The van der Waals surface area contributed by atoms with Gasteiger partial charge >= 0.3 is 0 Å². The molecule has 5 nitrogen and oxygen atoms in total. The SMILES string of the molecule is O=C(NCCc1nc(-c2cccs2)no1)c1c(F)cccc1Cl. The number of hydrogen-bond acceptors (Lipinski definition) is 5. The van der Waals surface area contributed by atoms with Gasteiger partial charge in [0.05, 0.1) is 15.5 Å². The molecule has 0 fully saturated rings. The molecule has 2 heterocycles. The average Bonchev–Trinajstić information content (AvgIpc) is 3.18. The van der Waals surface area contributed by atoms with Crippen molar-refractivity contribution in [3.63, 3.8) is 0 Å². The number of nitrogens with zero attached hydrogens (tertiary/aromatic N) is 2. The molecule has 1 amide bonds. The molecule has 0 spiro atoms. The minimum Gasteiger partial charge on any atom is -0.351 e. The summed E-state index contributed by atoms with van der Waals surface area (Å²) in [7, 11) is 0. The number of amides is 1. The van der Waals surface area contributed by atoms with Gasteiger partial charge in [-0.2, -0.15) is 4.98 Å². The molecule has 0 radical (unpaired) electrons. The second-order valence-electron chi connectivity index (χ2n) is 4.59. The van der Waals surface area contributed by atoms with Gasteiger partial charge in [0.2, 0.25) is 11.7 Å². The topological polar surface area (TPSA) is 68.0 Å². The van der Waals surface area contributed by atoms with E-state index in [4.69, 9.17) is 16.1 Å². The van der Waals surface area contributed by atoms with Gasteiger partial charge < -0.3 is 9.84 Å². The molecule has 0 saturated carbocycles. The zero-order valence-corrected chi connectivity index (χ0v) is 13.3. The van der Waals surface area contributed by atoms with E-state index in [-0.39, 0.29) is 17.1 Å². The molecule has 0 aliphatic heterocycles. The van der Waals surface area contributed by atoms with Crippen LogP contribution in [-0.2, 0) is 6.42 Å². The first-order valence-electron chi connectivity index (χ1n) is 6.74. The summed E-state index contributed by atoms with van der Waals surface area (Å²) in [6.07, 6.45) is 0.343. The molecule has 0 aliphatic rings. The van der Waals surface area contributed by atoms with Crippen LogP contribution in [0.25, 0.3) is 10.7 Å². The summed E-state index contributed by atoms with van der Waals surface area (Å²) < 4.78 is 18.7. The van der Waals surface area contributed by atoms with E-state index in [0.717, 1.165) is 4.88 Å². The Balaban J connectivity index is 1.58. The number of carbonyl (C=O) groups is 1. The minimum absolute atomic E-state index is 0.0697. The van der Waals surface area contributed by atoms with Crippen molar-refractivity contribution in [3.8, 4) is 10.7 Å². The van der Waals surface area contributed by atoms with Crippen molar-refractivity contribution in [2.24, 2.45) is 0 Å². The fourth-order valence-corrected chi connectivity index (χ4v) is 2.85. The molecule has 1 N–H and O–H groups in total. The predicted molar refractivity (Wildman–Crippen MR) is 85.1 cm³/mol. The number of hydrogen-bond donors (Lipinski definition) is 1. The average molecular weight is 352 g/mol. The first-order chi connectivity index (χ1) is 11.1. The van der Waals surface area contributed by atoms with E-state index in [1.54, 1.807) is 0 Å². The molecule has 0 aliphatic carbocycles. The highest BCUT2D eigenvalue weighted by Crippen LogP contribution is 2.21. The molecule has 23 heavy (non-hydrogen) atoms. The Morgan fingerprint density at radius 1 is 1.35 bits per heavy atom. The Labute approximate surface area is 140 Å². The van der Waals surface area contributed by atoms with Crippen LogP contribution in [0.15, 0.2) is 40.2 Å². The van der Waals surface area contributed by atoms with Crippen molar-refractivity contribution in [1.82, 2.24) is 15.5 Å². The third-order valence-corrected chi connectivity index (χ3v) is 4.20. The molecule has 0 atom stereocenters. The molecular weight excluding hydrogens is 341 g/mol. The lowest BCUT2D eigenvalue weighted by Crippen LogP contribution is -2.27. The van der Waals surface area contributed by atoms with Crippen LogP contribution in [-0.4, -0.2) is 22.6 Å². The second kappa shape index (κ2) is 6.89. The van der Waals surface area contributed by atoms with Crippen LogP contribution in [0.4, 0.5) is 4.39 Å². The van der Waals surface area contributed by atoms with Crippen molar-refractivity contribution in [3.05, 3.63) is 58.0 Å². The molecular formula is C15H11ClFN3O2S.